The van der Waals surface area contributed by atoms with Crippen molar-refractivity contribution in [2.45, 2.75) is 171 Å². The molecule has 3 saturated heterocycles. The molecule has 8 heterocycles. The Morgan fingerprint density at radius 2 is 1.55 bits per heavy atom. The van der Waals surface area contributed by atoms with Gasteiger partial charge in [0.25, 0.3) is 17.4 Å². The number of carbonyl (C=O) groups excluding carboxylic acids is 9. The van der Waals surface area contributed by atoms with Crippen LogP contribution in [0.2, 0.25) is 0 Å². The van der Waals surface area contributed by atoms with Crippen LogP contribution < -0.4 is 42.2 Å². The molecule has 12 atom stereocenters. The number of halogens is 1. The highest BCUT2D eigenvalue weighted by Gasteiger charge is 2.51. The van der Waals surface area contributed by atoms with Crippen LogP contribution in [-0.2, 0) is 110 Å². The minimum absolute atomic E-state index is 0.0352. The summed E-state index contributed by atoms with van der Waals surface area (Å²) in [6.45, 7) is 1.55. The number of cyclic esters (lactones) is 1. The number of aryl methyl sites for hydroxylation is 1. The van der Waals surface area contributed by atoms with Crippen molar-refractivity contribution in [3.63, 3.8) is 0 Å². The normalized spacial score (nSPS) is 24.9. The predicted molar refractivity (Wildman–Crippen MR) is 337 cm³/mol. The summed E-state index contributed by atoms with van der Waals surface area (Å²) in [6, 6.07) is 3.80. The highest BCUT2D eigenvalue weighted by Crippen LogP contribution is 2.46. The first-order valence-corrected chi connectivity index (χ1v) is 32.7. The minimum atomic E-state index is -2.12. The Kier molecular flexibility index (Phi) is 22.0. The van der Waals surface area contributed by atoms with Crippen LogP contribution in [0, 0.1) is 12.7 Å². The van der Waals surface area contributed by atoms with Gasteiger partial charge in [-0.2, -0.15) is 0 Å². The second kappa shape index (κ2) is 30.6. The van der Waals surface area contributed by atoms with E-state index in [0.717, 1.165) is 17.1 Å². The number of alkyl carbamates (subject to hydrolysis) is 1. The number of aliphatic hydroxyl groups is 5. The number of esters is 1. The molecule has 1 aliphatic carbocycles. The zero-order valence-electron chi connectivity index (χ0n) is 54.3. The predicted octanol–water partition coefficient (Wildman–Crippen LogP) is -2.03. The van der Waals surface area contributed by atoms with Crippen LogP contribution in [0.4, 0.5) is 9.18 Å². The van der Waals surface area contributed by atoms with Gasteiger partial charge < -0.3 is 100 Å². The lowest BCUT2D eigenvalue weighted by atomic mass is 9.81. The molecule has 8 amide bonds. The number of carboxylic acids is 1. The average molecular weight is 1400 g/mol. The van der Waals surface area contributed by atoms with Crippen LogP contribution in [0.25, 0.3) is 22.3 Å². The molecular weight excluding hydrogens is 1320 g/mol. The summed E-state index contributed by atoms with van der Waals surface area (Å²) in [6.07, 6.45) is -10.5. The van der Waals surface area contributed by atoms with E-state index in [1.165, 1.54) is 34.9 Å². The van der Waals surface area contributed by atoms with Gasteiger partial charge in [0.1, 0.15) is 61.3 Å². The third-order valence-electron chi connectivity index (χ3n) is 18.8. The van der Waals surface area contributed by atoms with E-state index in [2.05, 4.69) is 31.9 Å². The highest BCUT2D eigenvalue weighted by molar-refractivity contribution is 6.13. The number of rotatable bonds is 28. The molecule has 3 fully saturated rings. The van der Waals surface area contributed by atoms with Crippen LogP contribution in [0.1, 0.15) is 109 Å². The fourth-order valence-corrected chi connectivity index (χ4v) is 13.5. The van der Waals surface area contributed by atoms with Crippen molar-refractivity contribution in [2.24, 2.45) is 0 Å². The molecule has 33 nitrogen and oxygen atoms in total. The van der Waals surface area contributed by atoms with Crippen molar-refractivity contribution >= 4 is 70.3 Å². The smallest absolute Gasteiger partial charge is 0.407 e. The number of fused-ring (bicyclic) bond motifs is 6. The van der Waals surface area contributed by atoms with Crippen molar-refractivity contribution in [1.29, 1.82) is 0 Å². The van der Waals surface area contributed by atoms with Gasteiger partial charge in [-0.05, 0) is 79.5 Å². The number of hydrogen-bond acceptors (Lipinski definition) is 24. The number of benzene rings is 2. The van der Waals surface area contributed by atoms with Gasteiger partial charge in [0, 0.05) is 85.6 Å². The summed E-state index contributed by atoms with van der Waals surface area (Å²) < 4.78 is 56.3. The van der Waals surface area contributed by atoms with E-state index in [4.69, 9.17) is 43.2 Å². The van der Waals surface area contributed by atoms with Crippen LogP contribution in [-0.4, -0.2) is 212 Å². The van der Waals surface area contributed by atoms with Crippen LogP contribution in [0.3, 0.4) is 0 Å². The van der Waals surface area contributed by atoms with Gasteiger partial charge in [-0.1, -0.05) is 13.0 Å². The molecule has 100 heavy (non-hydrogen) atoms. The average Bonchev–Trinajstić information content (AvgIpc) is 1.48. The molecule has 2 aromatic carbocycles. The Balaban J connectivity index is 0.740. The van der Waals surface area contributed by atoms with Crippen LogP contribution >= 0.6 is 0 Å². The van der Waals surface area contributed by atoms with E-state index in [1.54, 1.807) is 13.8 Å². The lowest BCUT2D eigenvalue weighted by Crippen LogP contribution is -2.61. The number of aliphatic hydroxyl groups excluding tert-OH is 4. The first-order chi connectivity index (χ1) is 47.9. The Bertz CT molecular complexity index is 4020. The number of imide groups is 1. The lowest BCUT2D eigenvalue weighted by Gasteiger charge is -2.38. The van der Waals surface area contributed by atoms with Crippen molar-refractivity contribution < 1.29 is 116 Å². The van der Waals surface area contributed by atoms with Crippen molar-refractivity contribution in [2.75, 3.05) is 46.1 Å². The summed E-state index contributed by atoms with van der Waals surface area (Å²) in [5.41, 5.74) is 0.764. The monoisotopic (exact) mass is 1400 g/mol. The third kappa shape index (κ3) is 15.0. The number of carbonyl (C=O) groups is 10. The molecule has 7 aliphatic rings. The molecule has 0 bridgehead atoms. The number of pyridine rings is 2. The number of aliphatic carboxylic acids is 1. The maximum Gasteiger partial charge on any atom is 0.407 e. The number of carboxylic acid groups (broad SMARTS) is 1. The van der Waals surface area contributed by atoms with E-state index >= 15 is 4.39 Å². The van der Waals surface area contributed by atoms with E-state index in [1.807, 2.05) is 0 Å². The third-order valence-corrected chi connectivity index (χ3v) is 18.8. The second-order valence-electron chi connectivity index (χ2n) is 25.2. The summed E-state index contributed by atoms with van der Waals surface area (Å²) in [7, 11) is 0. The van der Waals surface area contributed by atoms with Gasteiger partial charge in [-0.3, -0.25) is 43.3 Å². The summed E-state index contributed by atoms with van der Waals surface area (Å²) in [5, 5.41) is 79.0. The Hall–Kier alpha value is -9.39. The highest BCUT2D eigenvalue weighted by atomic mass is 19.1. The molecule has 0 unspecified atom stereocenters. The van der Waals surface area contributed by atoms with Crippen LogP contribution in [0.15, 0.2) is 47.3 Å². The molecule has 11 rings (SSSR count). The summed E-state index contributed by atoms with van der Waals surface area (Å²) in [4.78, 5) is 150. The molecule has 0 spiro atoms. The second-order valence-corrected chi connectivity index (χ2v) is 25.2. The van der Waals surface area contributed by atoms with Gasteiger partial charge in [-0.15, -0.1) is 0 Å². The van der Waals surface area contributed by atoms with E-state index in [9.17, 15) is 78.3 Å². The van der Waals surface area contributed by atoms with Gasteiger partial charge in [0.2, 0.25) is 35.8 Å². The number of amides is 8. The Morgan fingerprint density at radius 3 is 2.25 bits per heavy atom. The first-order valence-electron chi connectivity index (χ1n) is 32.7. The molecule has 2 aromatic heterocycles. The molecule has 0 radical (unpaired) electrons. The minimum Gasteiger partial charge on any atom is -0.479 e. The van der Waals surface area contributed by atoms with Crippen molar-refractivity contribution in [3.8, 4) is 17.1 Å². The molecular formula is C66H76FN9O24. The number of nitrogens with one attached hydrogen (secondary N) is 6. The number of nitrogens with zero attached hydrogens (tertiary/aromatic N) is 3. The zero-order valence-corrected chi connectivity index (χ0v) is 54.3. The summed E-state index contributed by atoms with van der Waals surface area (Å²) in [5.74, 6) is -7.45. The molecule has 12 N–H and O–H groups in total. The van der Waals surface area contributed by atoms with E-state index in [-0.39, 0.29) is 161 Å². The summed E-state index contributed by atoms with van der Waals surface area (Å²) >= 11 is 0. The molecule has 536 valence electrons. The van der Waals surface area contributed by atoms with Gasteiger partial charge >= 0.3 is 18.0 Å². The van der Waals surface area contributed by atoms with E-state index in [0.29, 0.717) is 34.1 Å². The maximum atomic E-state index is 15.6. The van der Waals surface area contributed by atoms with Gasteiger partial charge in [0.05, 0.1) is 80.2 Å². The van der Waals surface area contributed by atoms with Gasteiger partial charge in [-0.25, -0.2) is 23.8 Å². The molecule has 0 saturated carbocycles. The van der Waals surface area contributed by atoms with Crippen LogP contribution in [0.5, 0.6) is 5.75 Å². The fraction of sp³-hybridized carbons (Fsp3) is 0.515. The van der Waals surface area contributed by atoms with Crippen molar-refractivity contribution in [1.82, 2.24) is 46.4 Å². The largest absolute Gasteiger partial charge is 0.479 e. The molecule has 6 aliphatic heterocycles. The molecule has 4 aromatic rings. The lowest BCUT2D eigenvalue weighted by molar-refractivity contribution is -0.271. The number of hydrogen-bond donors (Lipinski definition) is 12. The van der Waals surface area contributed by atoms with E-state index < -0.39 is 151 Å². The standard InChI is InChI=1S/C66H76FN9O24/c1-3-66(93)36-22-43-53-34(25-76(43)61(88)35(36)27-97-64(66)91)52-38(9-8-33-30(2)37(67)23-40(73-53)51(33)52)74-65(92)98-26-31-7-10-44(99-63-56(86)54(84)55(85)59(100-63)62(89)90)32(21-31)24-69-45(78)13-16-68-60(87)39(70-47(80)14-17-75-49(82)11-12-50(75)83)5-4-6-46(79)71-41-28-95-58-42(29-96-57(41)58)72-48(81)15-19-94-20-18-77/h7,10-12,21-23,38-39,41-42,54-59,63,77,84-86,93H,3-6,8-9,13-20,24-29H2,1-2H3,(H,68,87)(H,69,78)(H,70,80)(H,71,79)(H,72,81)(H,74,92)(H,89,90)/t38-,39-,41-,42-,54-,55-,56+,57+,58+,59-,63+,66-/m0/s1. The van der Waals surface area contributed by atoms with Crippen molar-refractivity contribution in [3.05, 3.63) is 103 Å². The van der Waals surface area contributed by atoms with Gasteiger partial charge in [0.15, 0.2) is 11.7 Å². The SMILES string of the molecule is CC[C@@]1(O)C(=O)OCc2c1cc1n(c2=O)Cc2c-1nc1cc(F)c(C)c3c1c2[C@@H](NC(=O)OCc1ccc(O[C@@H]2O[C@H](C(=O)O)[C@@H](O)[C@H](O)[C@H]2O)c(CNC(=O)CCNC(=O)[C@H](CCCC(=O)N[C@H]2CO[C@H]4[C@@H]2OC[C@@H]4NC(=O)CCOCCO)NC(=O)CCN2C(=O)C=CC2=O)c1)CC3. The quantitative estimate of drug-likeness (QED) is 0.0146. The Labute approximate surface area is 567 Å². The maximum absolute atomic E-state index is 15.6. The zero-order chi connectivity index (χ0) is 71.4. The topological polar surface area (TPSA) is 467 Å². The fourth-order valence-electron chi connectivity index (χ4n) is 13.5. The number of aromatic nitrogens is 2. The number of ether oxygens (including phenoxy) is 7. The first kappa shape index (κ1) is 71.9. The Morgan fingerprint density at radius 1 is 0.830 bits per heavy atom. The molecule has 34 heteroatoms.